The molecule has 5 rings (SSSR count). The van der Waals surface area contributed by atoms with E-state index in [9.17, 15) is 14.7 Å². The number of carboxylic acid groups (broad SMARTS) is 1. The van der Waals surface area contributed by atoms with Gasteiger partial charge >= 0.3 is 6.09 Å². The maximum atomic E-state index is 13.7. The fourth-order valence-electron chi connectivity index (χ4n) is 4.31. The van der Waals surface area contributed by atoms with Crippen molar-refractivity contribution < 1.29 is 14.7 Å². The Labute approximate surface area is 205 Å². The van der Waals surface area contributed by atoms with Crippen molar-refractivity contribution in [1.82, 2.24) is 29.9 Å². The lowest BCUT2D eigenvalue weighted by molar-refractivity contribution is 0.0941. The molecule has 0 radical (unpaired) electrons. The lowest BCUT2D eigenvalue weighted by Gasteiger charge is -2.38. The molecule has 10 nitrogen and oxygen atoms in total. The van der Waals surface area contributed by atoms with Gasteiger partial charge in [0.25, 0.3) is 5.91 Å². The van der Waals surface area contributed by atoms with Crippen molar-refractivity contribution >= 4 is 40.6 Å². The van der Waals surface area contributed by atoms with Crippen LogP contribution >= 0.6 is 11.6 Å². The highest BCUT2D eigenvalue weighted by Crippen LogP contribution is 2.29. The van der Waals surface area contributed by atoms with Gasteiger partial charge in [0.05, 0.1) is 16.8 Å². The summed E-state index contributed by atoms with van der Waals surface area (Å²) >= 11 is 6.42. The first-order chi connectivity index (χ1) is 16.9. The number of likely N-dealkylation sites (tertiary alicyclic amines) is 1. The van der Waals surface area contributed by atoms with Gasteiger partial charge in [0, 0.05) is 31.0 Å². The number of rotatable bonds is 4. The minimum absolute atomic E-state index is 0.183. The van der Waals surface area contributed by atoms with Crippen LogP contribution in [0, 0.1) is 6.92 Å². The second kappa shape index (κ2) is 9.30. The van der Waals surface area contributed by atoms with Crippen molar-refractivity contribution in [2.24, 2.45) is 0 Å². The number of hydrogen-bond donors (Lipinski definition) is 1. The molecule has 0 unspecified atom stereocenters. The average Bonchev–Trinajstić information content (AvgIpc) is 3.28. The number of anilines is 1. The average molecular weight is 492 g/mol. The summed E-state index contributed by atoms with van der Waals surface area (Å²) in [6, 6.07) is 11.8. The summed E-state index contributed by atoms with van der Waals surface area (Å²) in [7, 11) is 0. The summed E-state index contributed by atoms with van der Waals surface area (Å²) in [5, 5.41) is 18.2. The first-order valence-electron chi connectivity index (χ1n) is 11.1. The Balaban J connectivity index is 1.48. The van der Waals surface area contributed by atoms with Crippen molar-refractivity contribution in [3.63, 3.8) is 0 Å². The molecule has 11 heteroatoms. The van der Waals surface area contributed by atoms with Crippen LogP contribution in [-0.4, -0.2) is 66.1 Å². The van der Waals surface area contributed by atoms with Crippen LogP contribution in [0.3, 0.4) is 0 Å². The van der Waals surface area contributed by atoms with Crippen LogP contribution in [0.15, 0.2) is 54.9 Å². The van der Waals surface area contributed by atoms with Crippen LogP contribution in [0.1, 0.15) is 28.8 Å². The number of nitrogens with zero attached hydrogens (tertiary/aromatic N) is 7. The van der Waals surface area contributed by atoms with Gasteiger partial charge < -0.3 is 10.0 Å². The number of aryl methyl sites for hydroxylation is 1. The van der Waals surface area contributed by atoms with Crippen LogP contribution in [0.5, 0.6) is 0 Å². The number of halogens is 1. The summed E-state index contributed by atoms with van der Waals surface area (Å²) in [5.74, 6) is -0.00564. The van der Waals surface area contributed by atoms with E-state index in [1.54, 1.807) is 53.5 Å². The van der Waals surface area contributed by atoms with Crippen molar-refractivity contribution in [3.8, 4) is 5.69 Å². The quantitative estimate of drug-likeness (QED) is 0.459. The summed E-state index contributed by atoms with van der Waals surface area (Å²) in [6.45, 7) is 2.55. The molecule has 1 saturated heterocycles. The number of piperidine rings is 1. The minimum atomic E-state index is -1.01. The van der Waals surface area contributed by atoms with Crippen LogP contribution < -0.4 is 4.90 Å². The maximum absolute atomic E-state index is 13.7. The smallest absolute Gasteiger partial charge is 0.407 e. The highest BCUT2D eigenvalue weighted by Gasteiger charge is 2.34. The molecule has 1 atom stereocenters. The third kappa shape index (κ3) is 4.40. The Bertz CT molecular complexity index is 1410. The van der Waals surface area contributed by atoms with Gasteiger partial charge in [-0.15, -0.1) is 5.10 Å². The van der Waals surface area contributed by atoms with Gasteiger partial charge in [-0.2, -0.15) is 4.68 Å². The molecule has 3 aromatic heterocycles. The summed E-state index contributed by atoms with van der Waals surface area (Å²) in [4.78, 5) is 36.9. The van der Waals surface area contributed by atoms with Crippen LogP contribution in [0.25, 0.3) is 16.9 Å². The molecule has 1 aliphatic rings. The molecule has 1 aromatic carbocycles. The van der Waals surface area contributed by atoms with Gasteiger partial charge in [0.15, 0.2) is 11.5 Å². The second-order valence-electron chi connectivity index (χ2n) is 8.41. The Morgan fingerprint density at radius 3 is 2.71 bits per heavy atom. The molecule has 4 heterocycles. The van der Waals surface area contributed by atoms with Gasteiger partial charge in [-0.05, 0) is 67.8 Å². The molecule has 4 aromatic rings. The Kier molecular flexibility index (Phi) is 6.04. The van der Waals surface area contributed by atoms with Crippen molar-refractivity contribution in [2.45, 2.75) is 25.8 Å². The molecule has 0 spiro atoms. The van der Waals surface area contributed by atoms with E-state index in [1.807, 2.05) is 13.0 Å². The molecule has 0 aliphatic carbocycles. The lowest BCUT2D eigenvalue weighted by Crippen LogP contribution is -2.52. The van der Waals surface area contributed by atoms with E-state index >= 15 is 0 Å². The number of hydrogen-bond acceptors (Lipinski definition) is 6. The Hall–Kier alpha value is -4.05. The topological polar surface area (TPSA) is 117 Å². The molecule has 1 aliphatic heterocycles. The highest BCUT2D eigenvalue weighted by atomic mass is 35.5. The van der Waals surface area contributed by atoms with Gasteiger partial charge in [-0.1, -0.05) is 16.8 Å². The predicted octanol–water partition coefficient (Wildman–Crippen LogP) is 3.96. The molecule has 178 valence electrons. The van der Waals surface area contributed by atoms with Crippen molar-refractivity contribution in [2.75, 3.05) is 18.0 Å². The van der Waals surface area contributed by atoms with E-state index < -0.39 is 12.1 Å². The summed E-state index contributed by atoms with van der Waals surface area (Å²) in [5.41, 5.74) is 3.41. The Morgan fingerprint density at radius 1 is 1.17 bits per heavy atom. The monoisotopic (exact) mass is 491 g/mol. The zero-order chi connectivity index (χ0) is 24.5. The zero-order valence-electron chi connectivity index (χ0n) is 18.9. The van der Waals surface area contributed by atoms with Gasteiger partial charge in [-0.25, -0.2) is 14.8 Å². The molecule has 0 saturated carbocycles. The summed E-state index contributed by atoms with van der Waals surface area (Å²) < 4.78 is 1.61. The predicted molar refractivity (Wildman–Crippen MR) is 130 cm³/mol. The van der Waals surface area contributed by atoms with Crippen LogP contribution in [-0.2, 0) is 0 Å². The molecule has 1 N–H and O–H groups in total. The first-order valence-corrected chi connectivity index (χ1v) is 11.5. The summed E-state index contributed by atoms with van der Waals surface area (Å²) in [6.07, 6.45) is 3.57. The molecule has 0 bridgehead atoms. The fraction of sp³-hybridized carbons (Fsp3) is 0.250. The maximum Gasteiger partial charge on any atom is 0.407 e. The van der Waals surface area contributed by atoms with E-state index in [-0.39, 0.29) is 12.5 Å². The standard InChI is InChI=1S/C24H22ClN7O3/c1-15-12-20-22(27-13-15)32(29-28-20)17-8-6-16(7-9-17)23(33)31(21-19(25)5-2-10-26-21)18-4-3-11-30(14-18)24(34)35/h2,5-10,12-13,18H,3-4,11,14H2,1H3,(H,34,35)/t18-/m1/s1. The number of carbonyl (C=O) groups is 2. The van der Waals surface area contributed by atoms with Gasteiger partial charge in [0.2, 0.25) is 0 Å². The van der Waals surface area contributed by atoms with E-state index in [4.69, 9.17) is 11.6 Å². The second-order valence-corrected chi connectivity index (χ2v) is 8.82. The number of benzene rings is 1. The van der Waals surface area contributed by atoms with Crippen molar-refractivity contribution in [3.05, 3.63) is 71.0 Å². The molecular formula is C24H22ClN7O3. The van der Waals surface area contributed by atoms with Crippen molar-refractivity contribution in [1.29, 1.82) is 0 Å². The van der Waals surface area contributed by atoms with Crippen LogP contribution in [0.4, 0.5) is 10.6 Å². The first kappa shape index (κ1) is 22.7. The third-order valence-electron chi connectivity index (χ3n) is 6.00. The SMILES string of the molecule is Cc1cnc2c(c1)nnn2-c1ccc(C(=O)N(c2ncccc2Cl)[C@@H]2CCCN(C(=O)O)C2)cc1. The van der Waals surface area contributed by atoms with E-state index in [0.717, 1.165) is 5.56 Å². The van der Waals surface area contributed by atoms with Gasteiger partial charge in [0.1, 0.15) is 5.52 Å². The van der Waals surface area contributed by atoms with E-state index in [2.05, 4.69) is 20.3 Å². The van der Waals surface area contributed by atoms with Gasteiger partial charge in [-0.3, -0.25) is 9.69 Å². The minimum Gasteiger partial charge on any atom is -0.465 e. The van der Waals surface area contributed by atoms with Crippen LogP contribution in [0.2, 0.25) is 5.02 Å². The fourth-order valence-corrected chi connectivity index (χ4v) is 4.52. The molecule has 2 amide bonds. The third-order valence-corrected chi connectivity index (χ3v) is 6.30. The Morgan fingerprint density at radius 2 is 1.97 bits per heavy atom. The molecule has 1 fully saturated rings. The number of carbonyl (C=O) groups excluding carboxylic acids is 1. The largest absolute Gasteiger partial charge is 0.465 e. The molecule has 35 heavy (non-hydrogen) atoms. The lowest BCUT2D eigenvalue weighted by atomic mass is 10.0. The number of fused-ring (bicyclic) bond motifs is 1. The number of aromatic nitrogens is 5. The molecular weight excluding hydrogens is 470 g/mol. The zero-order valence-corrected chi connectivity index (χ0v) is 19.6. The highest BCUT2D eigenvalue weighted by molar-refractivity contribution is 6.33. The van der Waals surface area contributed by atoms with E-state index in [1.165, 1.54) is 9.80 Å². The number of amides is 2. The normalized spacial score (nSPS) is 15.8. The van der Waals surface area contributed by atoms with E-state index in [0.29, 0.717) is 52.6 Å². The number of pyridine rings is 2.